The predicted molar refractivity (Wildman–Crippen MR) is 121 cm³/mol. The van der Waals surface area contributed by atoms with Crippen molar-refractivity contribution in [1.29, 1.82) is 0 Å². The van der Waals surface area contributed by atoms with Crippen LogP contribution in [0.4, 0.5) is 5.82 Å². The van der Waals surface area contributed by atoms with Crippen LogP contribution in [0.3, 0.4) is 0 Å². The number of aromatic nitrogens is 3. The first-order chi connectivity index (χ1) is 14.5. The number of nitrogens with one attached hydrogen (secondary N) is 3. The van der Waals surface area contributed by atoms with E-state index in [1.807, 2.05) is 49.5 Å². The number of carbonyl (C=O) groups is 1. The second-order valence-corrected chi connectivity index (χ2v) is 8.55. The van der Waals surface area contributed by atoms with Crippen molar-refractivity contribution >= 4 is 34.4 Å². The predicted octanol–water partition coefficient (Wildman–Crippen LogP) is 3.68. The lowest BCUT2D eigenvalue weighted by atomic mass is 9.91. The average molecular weight is 427 g/mol. The van der Waals surface area contributed by atoms with Crippen LogP contribution in [-0.4, -0.2) is 58.5 Å². The van der Waals surface area contributed by atoms with Gasteiger partial charge in [0.05, 0.1) is 6.54 Å². The van der Waals surface area contributed by atoms with Crippen molar-refractivity contribution in [2.45, 2.75) is 37.8 Å². The number of amides is 1. The van der Waals surface area contributed by atoms with Crippen molar-refractivity contribution in [3.05, 3.63) is 41.8 Å². The van der Waals surface area contributed by atoms with Crippen molar-refractivity contribution in [3.63, 3.8) is 0 Å². The highest BCUT2D eigenvalue weighted by atomic mass is 35.5. The van der Waals surface area contributed by atoms with E-state index in [0.29, 0.717) is 17.7 Å². The van der Waals surface area contributed by atoms with Crippen LogP contribution >= 0.6 is 11.6 Å². The molecule has 0 saturated heterocycles. The summed E-state index contributed by atoms with van der Waals surface area (Å²) in [5.74, 6) is 0.863. The van der Waals surface area contributed by atoms with E-state index < -0.39 is 0 Å². The maximum absolute atomic E-state index is 12.0. The zero-order chi connectivity index (χ0) is 21.1. The SMILES string of the molecule is CN(C)CC(=O)NC1CCC(Nc2cc(-c3c[nH]c4ncccc34)cc(Cl)n2)CC1. The second-order valence-electron chi connectivity index (χ2n) is 8.16. The Morgan fingerprint density at radius 2 is 2.00 bits per heavy atom. The largest absolute Gasteiger partial charge is 0.367 e. The molecule has 0 atom stereocenters. The van der Waals surface area contributed by atoms with E-state index in [1.54, 1.807) is 6.20 Å². The van der Waals surface area contributed by atoms with Crippen LogP contribution in [0.2, 0.25) is 5.15 Å². The highest BCUT2D eigenvalue weighted by Gasteiger charge is 2.23. The molecule has 0 radical (unpaired) electrons. The highest BCUT2D eigenvalue weighted by molar-refractivity contribution is 6.29. The molecule has 3 N–H and O–H groups in total. The minimum atomic E-state index is 0.0887. The Labute approximate surface area is 181 Å². The van der Waals surface area contributed by atoms with Crippen molar-refractivity contribution in [2.75, 3.05) is 26.0 Å². The molecule has 0 unspecified atom stereocenters. The van der Waals surface area contributed by atoms with Gasteiger partial charge in [-0.2, -0.15) is 0 Å². The van der Waals surface area contributed by atoms with Crippen LogP contribution in [0, 0.1) is 0 Å². The van der Waals surface area contributed by atoms with Crippen molar-refractivity contribution < 1.29 is 4.79 Å². The lowest BCUT2D eigenvalue weighted by Crippen LogP contribution is -2.43. The van der Waals surface area contributed by atoms with Gasteiger partial charge in [0.1, 0.15) is 16.6 Å². The van der Waals surface area contributed by atoms with Gasteiger partial charge in [0.25, 0.3) is 0 Å². The third-order valence-corrected chi connectivity index (χ3v) is 5.65. The zero-order valence-electron chi connectivity index (χ0n) is 17.3. The van der Waals surface area contributed by atoms with E-state index in [0.717, 1.165) is 53.7 Å². The van der Waals surface area contributed by atoms with Gasteiger partial charge in [0.2, 0.25) is 5.91 Å². The molecule has 3 aromatic rings. The Balaban J connectivity index is 1.41. The van der Waals surface area contributed by atoms with Gasteiger partial charge in [0, 0.05) is 35.4 Å². The van der Waals surface area contributed by atoms with E-state index in [1.165, 1.54) is 0 Å². The lowest BCUT2D eigenvalue weighted by molar-refractivity contribution is -0.122. The van der Waals surface area contributed by atoms with Gasteiger partial charge in [-0.25, -0.2) is 9.97 Å². The van der Waals surface area contributed by atoms with Crippen LogP contribution in [0.25, 0.3) is 22.2 Å². The fourth-order valence-electron chi connectivity index (χ4n) is 4.07. The number of pyridine rings is 2. The topological polar surface area (TPSA) is 85.9 Å². The Morgan fingerprint density at radius 3 is 2.77 bits per heavy atom. The van der Waals surface area contributed by atoms with Gasteiger partial charge in [-0.05, 0) is 69.6 Å². The number of anilines is 1. The second kappa shape index (κ2) is 9.02. The number of fused-ring (bicyclic) bond motifs is 1. The van der Waals surface area contributed by atoms with Crippen molar-refractivity contribution in [1.82, 2.24) is 25.2 Å². The third kappa shape index (κ3) is 4.91. The molecule has 0 aliphatic heterocycles. The van der Waals surface area contributed by atoms with Crippen LogP contribution < -0.4 is 10.6 Å². The fourth-order valence-corrected chi connectivity index (χ4v) is 4.28. The molecule has 30 heavy (non-hydrogen) atoms. The number of aromatic amines is 1. The molecule has 158 valence electrons. The molecular weight excluding hydrogens is 400 g/mol. The molecule has 0 bridgehead atoms. The van der Waals surface area contributed by atoms with E-state index in [9.17, 15) is 4.79 Å². The summed E-state index contributed by atoms with van der Waals surface area (Å²) in [6.07, 6.45) is 7.60. The fraction of sp³-hybridized carbons (Fsp3) is 0.409. The molecule has 1 aliphatic rings. The molecule has 3 aromatic heterocycles. The lowest BCUT2D eigenvalue weighted by Gasteiger charge is -2.30. The molecule has 0 spiro atoms. The summed E-state index contributed by atoms with van der Waals surface area (Å²) in [5, 5.41) is 8.18. The number of H-pyrrole nitrogens is 1. The number of halogens is 1. The van der Waals surface area contributed by atoms with Crippen LogP contribution in [-0.2, 0) is 4.79 Å². The maximum Gasteiger partial charge on any atom is 0.234 e. The van der Waals surface area contributed by atoms with E-state index in [-0.39, 0.29) is 11.9 Å². The summed E-state index contributed by atoms with van der Waals surface area (Å²) in [5.41, 5.74) is 2.91. The number of rotatable bonds is 6. The van der Waals surface area contributed by atoms with E-state index >= 15 is 0 Å². The number of likely N-dealkylation sites (N-methyl/N-ethyl adjacent to an activating group) is 1. The minimum Gasteiger partial charge on any atom is -0.367 e. The van der Waals surface area contributed by atoms with Gasteiger partial charge in [-0.3, -0.25) is 4.79 Å². The van der Waals surface area contributed by atoms with Crippen molar-refractivity contribution in [2.24, 2.45) is 0 Å². The van der Waals surface area contributed by atoms with Gasteiger partial charge < -0.3 is 20.5 Å². The molecule has 1 amide bonds. The van der Waals surface area contributed by atoms with Gasteiger partial charge >= 0.3 is 0 Å². The zero-order valence-corrected chi connectivity index (χ0v) is 18.0. The summed E-state index contributed by atoms with van der Waals surface area (Å²) in [4.78, 5) is 25.9. The standard InChI is InChI=1S/C22H27ClN6O/c1-29(2)13-21(30)27-16-7-5-15(6-8-16)26-20-11-14(10-19(23)28-20)18-12-25-22-17(18)4-3-9-24-22/h3-4,9-12,15-16H,5-8,13H2,1-2H3,(H,24,25)(H,26,28)(H,27,30). The van der Waals surface area contributed by atoms with E-state index in [2.05, 4.69) is 25.6 Å². The monoisotopic (exact) mass is 426 g/mol. The molecule has 1 aliphatic carbocycles. The molecule has 0 aromatic carbocycles. The quantitative estimate of drug-likeness (QED) is 0.523. The summed E-state index contributed by atoms with van der Waals surface area (Å²) in [7, 11) is 3.80. The number of carbonyl (C=O) groups excluding carboxylic acids is 1. The van der Waals surface area contributed by atoms with Gasteiger partial charge in [-0.1, -0.05) is 11.6 Å². The number of hydrogen-bond acceptors (Lipinski definition) is 5. The van der Waals surface area contributed by atoms with Crippen LogP contribution in [0.1, 0.15) is 25.7 Å². The smallest absolute Gasteiger partial charge is 0.234 e. The summed E-state index contributed by atoms with van der Waals surface area (Å²) in [6, 6.07) is 8.44. The minimum absolute atomic E-state index is 0.0887. The Bertz CT molecular complexity index is 1030. The van der Waals surface area contributed by atoms with Crippen molar-refractivity contribution in [3.8, 4) is 11.1 Å². The Kier molecular flexibility index (Phi) is 6.20. The average Bonchev–Trinajstić information content (AvgIpc) is 3.13. The van der Waals surface area contributed by atoms with E-state index in [4.69, 9.17) is 11.6 Å². The number of nitrogens with zero attached hydrogens (tertiary/aromatic N) is 3. The summed E-state index contributed by atoms with van der Waals surface area (Å²) >= 11 is 6.33. The molecule has 1 saturated carbocycles. The third-order valence-electron chi connectivity index (χ3n) is 5.46. The van der Waals surface area contributed by atoms with Crippen LogP contribution in [0.5, 0.6) is 0 Å². The number of hydrogen-bond donors (Lipinski definition) is 3. The molecule has 4 rings (SSSR count). The van der Waals surface area contributed by atoms with Gasteiger partial charge in [-0.15, -0.1) is 0 Å². The first-order valence-electron chi connectivity index (χ1n) is 10.3. The summed E-state index contributed by atoms with van der Waals surface area (Å²) < 4.78 is 0. The molecular formula is C22H27ClN6O. The summed E-state index contributed by atoms with van der Waals surface area (Å²) in [6.45, 7) is 0.427. The molecule has 3 heterocycles. The highest BCUT2D eigenvalue weighted by Crippen LogP contribution is 2.31. The maximum atomic E-state index is 12.0. The Hall–Kier alpha value is -2.64. The first-order valence-corrected chi connectivity index (χ1v) is 10.7. The normalized spacial score (nSPS) is 19.2. The van der Waals surface area contributed by atoms with Gasteiger partial charge in [0.15, 0.2) is 0 Å². The molecule has 1 fully saturated rings. The molecule has 7 nitrogen and oxygen atoms in total. The molecule has 8 heteroatoms. The van der Waals surface area contributed by atoms with Crippen LogP contribution in [0.15, 0.2) is 36.7 Å². The first kappa shape index (κ1) is 20.6. The Morgan fingerprint density at radius 1 is 1.23 bits per heavy atom.